The fourth-order valence-electron chi connectivity index (χ4n) is 5.90. The van der Waals surface area contributed by atoms with E-state index in [1.807, 2.05) is 0 Å². The number of piperidine rings is 1. The van der Waals surface area contributed by atoms with Gasteiger partial charge in [-0.15, -0.1) is 11.3 Å². The highest BCUT2D eigenvalue weighted by atomic mass is 32.1. The molecule has 6 heteroatoms. The molecule has 0 saturated carbocycles. The summed E-state index contributed by atoms with van der Waals surface area (Å²) in [5, 5.41) is 9.23. The summed E-state index contributed by atoms with van der Waals surface area (Å²) in [4.78, 5) is 20.1. The van der Waals surface area contributed by atoms with Crippen LogP contribution in [0.4, 0.5) is 5.69 Å². The number of aromatic nitrogens is 1. The van der Waals surface area contributed by atoms with Crippen molar-refractivity contribution >= 4 is 43.9 Å². The third kappa shape index (κ3) is 4.64. The Labute approximate surface area is 217 Å². The molecule has 1 amide bonds. The molecule has 5 nitrogen and oxygen atoms in total. The Morgan fingerprint density at radius 1 is 1.14 bits per heavy atom. The second kappa shape index (κ2) is 9.91. The maximum Gasteiger partial charge on any atom is 0.261 e. The Morgan fingerprint density at radius 3 is 2.75 bits per heavy atom. The quantitative estimate of drug-likeness (QED) is 0.274. The second-order valence-electron chi connectivity index (χ2n) is 10.8. The molecule has 0 radical (unpaired) electrons. The first-order valence-corrected chi connectivity index (χ1v) is 14.3. The van der Waals surface area contributed by atoms with Crippen molar-refractivity contribution in [3.05, 3.63) is 65.2 Å². The van der Waals surface area contributed by atoms with Crippen LogP contribution in [-0.2, 0) is 6.42 Å². The molecule has 1 spiro atoms. The Kier molecular flexibility index (Phi) is 6.48. The third-order valence-electron chi connectivity index (χ3n) is 8.30. The second-order valence-corrected chi connectivity index (χ2v) is 11.9. The minimum atomic E-state index is 0.0519. The van der Waals surface area contributed by atoms with Gasteiger partial charge in [0, 0.05) is 59.7 Å². The van der Waals surface area contributed by atoms with E-state index in [0.29, 0.717) is 5.41 Å². The summed E-state index contributed by atoms with van der Waals surface area (Å²) in [5.74, 6) is 0.0519. The van der Waals surface area contributed by atoms with Gasteiger partial charge in [-0.05, 0) is 66.3 Å². The highest BCUT2D eigenvalue weighted by Crippen LogP contribution is 2.38. The number of thiophene rings is 1. The summed E-state index contributed by atoms with van der Waals surface area (Å²) in [5.41, 5.74) is 4.27. The van der Waals surface area contributed by atoms with Crippen LogP contribution in [0.3, 0.4) is 0 Å². The molecule has 0 bridgehead atoms. The minimum Gasteiger partial charge on any atom is -0.371 e. The zero-order valence-corrected chi connectivity index (χ0v) is 21.9. The summed E-state index contributed by atoms with van der Waals surface area (Å²) >= 11 is 1.62. The molecular weight excluding hydrogens is 464 g/mol. The Hall–Kier alpha value is -2.83. The van der Waals surface area contributed by atoms with Crippen molar-refractivity contribution in [2.45, 2.75) is 51.5 Å². The first-order chi connectivity index (χ1) is 17.6. The fraction of sp³-hybridized carbons (Fsp3) is 0.433. The average molecular weight is 501 g/mol. The van der Waals surface area contributed by atoms with E-state index in [2.05, 4.69) is 82.2 Å². The maximum absolute atomic E-state index is 13.4. The molecular formula is C30H36N4OS. The number of anilines is 1. The largest absolute Gasteiger partial charge is 0.371 e. The highest BCUT2D eigenvalue weighted by molar-refractivity contribution is 7.20. The van der Waals surface area contributed by atoms with Gasteiger partial charge < -0.3 is 20.5 Å². The van der Waals surface area contributed by atoms with Crippen LogP contribution in [0.15, 0.2) is 54.7 Å². The minimum absolute atomic E-state index is 0.0519. The number of para-hydroxylation sites is 1. The van der Waals surface area contributed by atoms with E-state index in [4.69, 9.17) is 0 Å². The predicted molar refractivity (Wildman–Crippen MR) is 151 cm³/mol. The van der Waals surface area contributed by atoms with E-state index in [1.54, 1.807) is 11.3 Å². The van der Waals surface area contributed by atoms with Crippen LogP contribution >= 0.6 is 11.3 Å². The van der Waals surface area contributed by atoms with E-state index >= 15 is 0 Å². The molecule has 1 atom stereocenters. The summed E-state index contributed by atoms with van der Waals surface area (Å²) < 4.78 is 1.20. The van der Waals surface area contributed by atoms with Crippen molar-refractivity contribution in [3.8, 4) is 0 Å². The van der Waals surface area contributed by atoms with Crippen LogP contribution in [0.5, 0.6) is 0 Å². The molecule has 4 aromatic rings. The van der Waals surface area contributed by atoms with Crippen LogP contribution in [0.25, 0.3) is 21.0 Å². The fourth-order valence-corrected chi connectivity index (χ4v) is 6.90. The maximum atomic E-state index is 13.4. The summed E-state index contributed by atoms with van der Waals surface area (Å²) in [6, 6.07) is 17.3. The smallest absolute Gasteiger partial charge is 0.261 e. The van der Waals surface area contributed by atoms with Crippen LogP contribution in [0.2, 0.25) is 0 Å². The molecule has 188 valence electrons. The van der Waals surface area contributed by atoms with E-state index in [9.17, 15) is 4.79 Å². The van der Waals surface area contributed by atoms with Gasteiger partial charge in [-0.2, -0.15) is 0 Å². The summed E-state index contributed by atoms with van der Waals surface area (Å²) in [6.07, 6.45) is 8.70. The van der Waals surface area contributed by atoms with E-state index < -0.39 is 0 Å². The molecule has 6 rings (SSSR count). The van der Waals surface area contributed by atoms with Crippen molar-refractivity contribution in [2.24, 2.45) is 5.41 Å². The number of fused-ring (bicyclic) bond motifs is 2. The van der Waals surface area contributed by atoms with E-state index in [1.165, 1.54) is 47.3 Å². The lowest BCUT2D eigenvalue weighted by Crippen LogP contribution is -2.58. The predicted octanol–water partition coefficient (Wildman–Crippen LogP) is 6.10. The number of nitrogens with zero attached hydrogens (tertiary/aromatic N) is 1. The Morgan fingerprint density at radius 2 is 1.97 bits per heavy atom. The zero-order chi connectivity index (χ0) is 24.5. The van der Waals surface area contributed by atoms with Crippen molar-refractivity contribution < 1.29 is 4.79 Å². The number of unbranched alkanes of at least 4 members (excludes halogenated alkanes) is 1. The SMILES string of the molecule is CCCCC(Cc1c[nH]c2ccccc12)NC(=O)c1cc2ccc(N3CCC4(CC3)CNC4)cc2s1. The van der Waals surface area contributed by atoms with Crippen molar-refractivity contribution in [1.29, 1.82) is 0 Å². The van der Waals surface area contributed by atoms with Gasteiger partial charge in [0.25, 0.3) is 5.91 Å². The van der Waals surface area contributed by atoms with Crippen molar-refractivity contribution in [3.63, 3.8) is 0 Å². The summed E-state index contributed by atoms with van der Waals surface area (Å²) in [7, 11) is 0. The average Bonchev–Trinajstić information content (AvgIpc) is 3.50. The molecule has 3 N–H and O–H groups in total. The lowest BCUT2D eigenvalue weighted by atomic mass is 9.73. The molecule has 2 saturated heterocycles. The molecule has 0 aliphatic carbocycles. The molecule has 2 fully saturated rings. The first-order valence-electron chi connectivity index (χ1n) is 13.5. The van der Waals surface area contributed by atoms with Gasteiger partial charge in [-0.1, -0.05) is 44.0 Å². The van der Waals surface area contributed by atoms with Crippen LogP contribution in [-0.4, -0.2) is 43.1 Å². The number of rotatable bonds is 8. The highest BCUT2D eigenvalue weighted by Gasteiger charge is 2.39. The van der Waals surface area contributed by atoms with Gasteiger partial charge >= 0.3 is 0 Å². The lowest BCUT2D eigenvalue weighted by molar-refractivity contribution is 0.0938. The van der Waals surface area contributed by atoms with Gasteiger partial charge in [0.1, 0.15) is 0 Å². The molecule has 4 heterocycles. The van der Waals surface area contributed by atoms with Crippen LogP contribution in [0, 0.1) is 5.41 Å². The van der Waals surface area contributed by atoms with Gasteiger partial charge in [-0.3, -0.25) is 4.79 Å². The van der Waals surface area contributed by atoms with Gasteiger partial charge in [0.15, 0.2) is 0 Å². The summed E-state index contributed by atoms with van der Waals surface area (Å²) in [6.45, 7) is 6.82. The number of nitrogens with one attached hydrogen (secondary N) is 3. The molecule has 2 aliphatic heterocycles. The van der Waals surface area contributed by atoms with Crippen molar-refractivity contribution in [1.82, 2.24) is 15.6 Å². The first kappa shape index (κ1) is 23.6. The van der Waals surface area contributed by atoms with E-state index in [-0.39, 0.29) is 11.9 Å². The number of amides is 1. The molecule has 1 unspecified atom stereocenters. The van der Waals surface area contributed by atoms with Crippen molar-refractivity contribution in [2.75, 3.05) is 31.1 Å². The number of H-pyrrole nitrogens is 1. The topological polar surface area (TPSA) is 60.2 Å². The third-order valence-corrected chi connectivity index (χ3v) is 9.40. The molecule has 2 aromatic heterocycles. The Bertz CT molecular complexity index is 1360. The van der Waals surface area contributed by atoms with E-state index in [0.717, 1.165) is 54.6 Å². The number of carbonyl (C=O) groups is 1. The Balaban J connectivity index is 1.16. The normalized spacial score (nSPS) is 18.0. The molecule has 36 heavy (non-hydrogen) atoms. The number of hydrogen-bond acceptors (Lipinski definition) is 4. The van der Waals surface area contributed by atoms with Crippen LogP contribution < -0.4 is 15.5 Å². The standard InChI is InChI=1S/C30H36N4OS/c1-2-3-6-23(15-22-18-32-26-8-5-4-7-25(22)26)33-29(35)28-16-21-9-10-24(17-27(21)36-28)34-13-11-30(12-14-34)19-31-20-30/h4-5,7-10,16-18,23,31-32H,2-3,6,11-15,19-20H2,1H3,(H,33,35). The number of aromatic amines is 1. The van der Waals surface area contributed by atoms with Gasteiger partial charge in [0.05, 0.1) is 4.88 Å². The van der Waals surface area contributed by atoms with Gasteiger partial charge in [0.2, 0.25) is 0 Å². The lowest BCUT2D eigenvalue weighted by Gasteiger charge is -2.49. The molecule has 2 aromatic carbocycles. The van der Waals surface area contributed by atoms with Crippen LogP contribution in [0.1, 0.15) is 54.3 Å². The number of benzene rings is 2. The zero-order valence-electron chi connectivity index (χ0n) is 21.1. The number of carbonyl (C=O) groups excluding carboxylic acids is 1. The molecule has 2 aliphatic rings. The van der Waals surface area contributed by atoms with Gasteiger partial charge in [-0.25, -0.2) is 0 Å². The monoisotopic (exact) mass is 500 g/mol. The number of hydrogen-bond donors (Lipinski definition) is 3.